The first kappa shape index (κ1) is 22.3. The summed E-state index contributed by atoms with van der Waals surface area (Å²) in [7, 11) is 0. The van der Waals surface area contributed by atoms with Crippen molar-refractivity contribution in [2.45, 2.75) is 51.9 Å². The minimum atomic E-state index is -0.494. The first-order valence-electron chi connectivity index (χ1n) is 8.15. The van der Waals surface area contributed by atoms with E-state index in [9.17, 15) is 4.79 Å². The van der Waals surface area contributed by atoms with Gasteiger partial charge in [-0.1, -0.05) is 29.3 Å². The van der Waals surface area contributed by atoms with E-state index in [0.717, 1.165) is 23.4 Å². The van der Waals surface area contributed by atoms with Crippen molar-refractivity contribution in [3.63, 3.8) is 0 Å². The zero-order valence-corrected chi connectivity index (χ0v) is 17.1. The first-order chi connectivity index (χ1) is 11.3. The molecule has 0 bridgehead atoms. The number of ether oxygens (including phenoxy) is 1. The Morgan fingerprint density at radius 3 is 2.68 bits per heavy atom. The molecule has 1 unspecified atom stereocenters. The van der Waals surface area contributed by atoms with Gasteiger partial charge in [-0.3, -0.25) is 0 Å². The third-order valence-electron chi connectivity index (χ3n) is 3.48. The molecular formula is C17H25ClN4O2V. The Bertz CT molecular complexity index is 536. The summed E-state index contributed by atoms with van der Waals surface area (Å²) in [5, 5.41) is 5.10. The molecule has 1 N–H and O–H groups in total. The Balaban J connectivity index is 0.00000312. The van der Waals surface area contributed by atoms with Crippen LogP contribution in [0.3, 0.4) is 0 Å². The van der Waals surface area contributed by atoms with Gasteiger partial charge >= 0.3 is 24.6 Å². The molecule has 8 heteroatoms. The van der Waals surface area contributed by atoms with Crippen molar-refractivity contribution in [1.29, 1.82) is 0 Å². The van der Waals surface area contributed by atoms with E-state index in [4.69, 9.17) is 16.3 Å². The van der Waals surface area contributed by atoms with Gasteiger partial charge in [0.05, 0.1) is 0 Å². The average molecular weight is 404 g/mol. The molecule has 0 spiro atoms. The number of hydrogen-bond acceptors (Lipinski definition) is 3. The molecule has 25 heavy (non-hydrogen) atoms. The number of rotatable bonds is 6. The van der Waals surface area contributed by atoms with Crippen LogP contribution in [-0.2, 0) is 29.8 Å². The standard InChI is InChI=1S/C17H25ClN4O2.V/c1-17(2,3)24-16(23)22-10-4-5-15(22)21-20-12-19-11-13-6-8-14(18)9-7-13;/h6-9,15,20H,4-5,10-12H2,1-3H3;/q-2;+2. The predicted octanol–water partition coefficient (Wildman–Crippen LogP) is 4.40. The molecule has 1 heterocycles. The molecule has 2 rings (SSSR count). The van der Waals surface area contributed by atoms with Crippen LogP contribution in [0, 0.1) is 0 Å². The molecular weight excluding hydrogens is 379 g/mol. The van der Waals surface area contributed by atoms with Crippen LogP contribution < -0.4 is 5.43 Å². The van der Waals surface area contributed by atoms with Crippen molar-refractivity contribution in [3.05, 3.63) is 45.6 Å². The summed E-state index contributed by atoms with van der Waals surface area (Å²) in [4.78, 5) is 13.8. The van der Waals surface area contributed by atoms with Gasteiger partial charge in [-0.25, -0.2) is 4.79 Å². The Hall–Kier alpha value is -0.756. The molecule has 1 saturated heterocycles. The minimum Gasteiger partial charge on any atom is -0.648 e. The molecule has 1 aliphatic heterocycles. The molecule has 0 aromatic heterocycles. The maximum atomic E-state index is 12.2. The number of amides is 1. The van der Waals surface area contributed by atoms with Crippen molar-refractivity contribution in [2.24, 2.45) is 0 Å². The number of benzene rings is 1. The summed E-state index contributed by atoms with van der Waals surface area (Å²) in [6.45, 7) is 7.26. The summed E-state index contributed by atoms with van der Waals surface area (Å²) in [5.41, 5.74) is 7.90. The van der Waals surface area contributed by atoms with Crippen LogP contribution >= 0.6 is 11.6 Å². The van der Waals surface area contributed by atoms with Crippen LogP contribution in [0.1, 0.15) is 39.2 Å². The van der Waals surface area contributed by atoms with Crippen LogP contribution in [0.25, 0.3) is 10.7 Å². The number of halogens is 1. The van der Waals surface area contributed by atoms with Crippen LogP contribution in [-0.4, -0.2) is 36.0 Å². The van der Waals surface area contributed by atoms with Gasteiger partial charge < -0.3 is 25.8 Å². The van der Waals surface area contributed by atoms with Crippen LogP contribution in [0.4, 0.5) is 4.79 Å². The Morgan fingerprint density at radius 1 is 1.36 bits per heavy atom. The van der Waals surface area contributed by atoms with Crippen LogP contribution in [0.2, 0.25) is 5.02 Å². The number of likely N-dealkylation sites (tertiary alicyclic amines) is 1. The fraction of sp³-hybridized carbons (Fsp3) is 0.588. The second kappa shape index (κ2) is 10.4. The summed E-state index contributed by atoms with van der Waals surface area (Å²) < 4.78 is 5.41. The summed E-state index contributed by atoms with van der Waals surface area (Å²) in [6, 6.07) is 7.59. The van der Waals surface area contributed by atoms with E-state index < -0.39 is 5.60 Å². The van der Waals surface area contributed by atoms with Crippen LogP contribution in [0.5, 0.6) is 0 Å². The van der Waals surface area contributed by atoms with Gasteiger partial charge in [0, 0.05) is 11.6 Å². The van der Waals surface area contributed by atoms with Gasteiger partial charge in [-0.2, -0.15) is 0 Å². The SMILES string of the molecule is CC(C)(C)OC(=O)N1CCCC1[N-]NC[N-]Cc1ccc(Cl)cc1.[V+2]. The molecule has 1 aliphatic rings. The van der Waals surface area contributed by atoms with Crippen LogP contribution in [0.15, 0.2) is 24.3 Å². The van der Waals surface area contributed by atoms with Crippen molar-refractivity contribution >= 4 is 17.7 Å². The van der Waals surface area contributed by atoms with Gasteiger partial charge in [0.1, 0.15) is 5.60 Å². The van der Waals surface area contributed by atoms with Gasteiger partial charge in [-0.05, 0) is 51.9 Å². The zero-order valence-electron chi connectivity index (χ0n) is 14.9. The van der Waals surface area contributed by atoms with E-state index in [1.54, 1.807) is 4.90 Å². The average Bonchev–Trinajstić information content (AvgIpc) is 2.96. The Kier molecular flexibility index (Phi) is 9.28. The van der Waals surface area contributed by atoms with Gasteiger partial charge in [-0.15, -0.1) is 13.2 Å². The predicted molar refractivity (Wildman–Crippen MR) is 95.8 cm³/mol. The number of hydrogen-bond donors (Lipinski definition) is 1. The second-order valence-electron chi connectivity index (χ2n) is 6.75. The fourth-order valence-corrected chi connectivity index (χ4v) is 2.51. The number of carbonyl (C=O) groups is 1. The molecule has 1 aromatic carbocycles. The quantitative estimate of drug-likeness (QED) is 0.565. The molecule has 1 atom stereocenters. The third kappa shape index (κ3) is 7.99. The molecule has 1 amide bonds. The van der Waals surface area contributed by atoms with Crippen molar-refractivity contribution in [3.8, 4) is 0 Å². The molecule has 0 saturated carbocycles. The zero-order chi connectivity index (χ0) is 17.6. The van der Waals surface area contributed by atoms with E-state index >= 15 is 0 Å². The molecule has 0 aliphatic carbocycles. The van der Waals surface area contributed by atoms with E-state index in [-0.39, 0.29) is 30.8 Å². The molecule has 137 valence electrons. The normalized spacial score (nSPS) is 17.3. The topological polar surface area (TPSA) is 69.8 Å². The van der Waals surface area contributed by atoms with E-state index in [1.807, 2.05) is 45.0 Å². The molecule has 1 aromatic rings. The summed E-state index contributed by atoms with van der Waals surface area (Å²) in [6.07, 6.45) is 1.26. The van der Waals surface area contributed by atoms with E-state index in [1.165, 1.54) is 0 Å². The largest absolute Gasteiger partial charge is 2.00 e. The number of carbonyl (C=O) groups excluding carboxylic acids is 1. The third-order valence-corrected chi connectivity index (χ3v) is 3.73. The second-order valence-corrected chi connectivity index (χ2v) is 7.19. The molecule has 6 nitrogen and oxygen atoms in total. The van der Waals surface area contributed by atoms with Crippen molar-refractivity contribution < 1.29 is 28.1 Å². The fourth-order valence-electron chi connectivity index (χ4n) is 2.39. The summed E-state index contributed by atoms with van der Waals surface area (Å²) in [5.74, 6) is 0. The number of nitrogens with one attached hydrogen (secondary N) is 1. The number of nitrogens with zero attached hydrogens (tertiary/aromatic N) is 3. The van der Waals surface area contributed by atoms with Gasteiger partial charge in [0.25, 0.3) is 0 Å². The molecule has 1 fully saturated rings. The Labute approximate surface area is 166 Å². The smallest absolute Gasteiger partial charge is 0.648 e. The molecule has 1 radical (unpaired) electrons. The van der Waals surface area contributed by atoms with E-state index in [0.29, 0.717) is 19.8 Å². The van der Waals surface area contributed by atoms with Gasteiger partial charge in [0.15, 0.2) is 0 Å². The maximum absolute atomic E-state index is 12.2. The van der Waals surface area contributed by atoms with E-state index in [2.05, 4.69) is 16.2 Å². The minimum absolute atomic E-state index is 0. The monoisotopic (exact) mass is 403 g/mol. The van der Waals surface area contributed by atoms with Crippen molar-refractivity contribution in [2.75, 3.05) is 13.2 Å². The van der Waals surface area contributed by atoms with Gasteiger partial charge in [0.2, 0.25) is 0 Å². The first-order valence-corrected chi connectivity index (χ1v) is 8.53. The van der Waals surface area contributed by atoms with Crippen molar-refractivity contribution in [1.82, 2.24) is 10.3 Å². The Morgan fingerprint density at radius 2 is 2.04 bits per heavy atom. The summed E-state index contributed by atoms with van der Waals surface area (Å²) >= 11 is 5.85. The maximum Gasteiger partial charge on any atom is 2.00 e.